The van der Waals surface area contributed by atoms with E-state index in [9.17, 15) is 9.59 Å². The standard InChI is InChI=1S/C35H60N4O3/c1-6-7-8-9-10-11-12-13-14-15-16-17-18-21-26-42-35(41)32(27-28(2)3)39(5)33(40)23-20-19-22-30-34-31(24-25-36-30)37-29(4)38-34/h24-25,28,32H,6-23,26-27H2,1-5H3,(H,37,38)/t32-/m0/s1. The number of pyridine rings is 1. The molecule has 0 aliphatic heterocycles. The Morgan fingerprint density at radius 1 is 0.881 bits per heavy atom. The number of unbranched alkanes of at least 4 members (excludes halogenated alkanes) is 14. The van der Waals surface area contributed by atoms with Crippen molar-refractivity contribution >= 4 is 22.9 Å². The first-order valence-corrected chi connectivity index (χ1v) is 17.1. The fourth-order valence-electron chi connectivity index (χ4n) is 5.64. The number of nitrogens with one attached hydrogen (secondary N) is 1. The van der Waals surface area contributed by atoms with Crippen LogP contribution in [0, 0.1) is 12.8 Å². The van der Waals surface area contributed by atoms with Gasteiger partial charge in [0, 0.05) is 19.7 Å². The molecule has 2 heterocycles. The fraction of sp³-hybridized carbons (Fsp3) is 0.771. The highest BCUT2D eigenvalue weighted by atomic mass is 16.5. The maximum atomic E-state index is 13.0. The molecule has 2 rings (SSSR count). The van der Waals surface area contributed by atoms with Crippen LogP contribution in [0.25, 0.3) is 11.0 Å². The molecule has 42 heavy (non-hydrogen) atoms. The van der Waals surface area contributed by atoms with Crippen molar-refractivity contribution in [3.63, 3.8) is 0 Å². The number of aromatic nitrogens is 3. The zero-order valence-corrected chi connectivity index (χ0v) is 27.5. The van der Waals surface area contributed by atoms with Crippen molar-refractivity contribution in [2.24, 2.45) is 5.92 Å². The number of carbonyl (C=O) groups is 2. The summed E-state index contributed by atoms with van der Waals surface area (Å²) in [6, 6.07) is 1.41. The molecule has 0 saturated carbocycles. The largest absolute Gasteiger partial charge is 0.464 e. The lowest BCUT2D eigenvalue weighted by Crippen LogP contribution is -2.44. The number of aryl methyl sites for hydroxylation is 2. The van der Waals surface area contributed by atoms with Gasteiger partial charge < -0.3 is 14.6 Å². The highest BCUT2D eigenvalue weighted by Gasteiger charge is 2.28. The molecule has 0 aromatic carbocycles. The normalized spacial score (nSPS) is 12.2. The smallest absolute Gasteiger partial charge is 0.328 e. The van der Waals surface area contributed by atoms with Gasteiger partial charge in [-0.05, 0) is 51.0 Å². The van der Waals surface area contributed by atoms with Gasteiger partial charge in [-0.1, -0.05) is 104 Å². The van der Waals surface area contributed by atoms with Crippen molar-refractivity contribution in [3.8, 4) is 0 Å². The first-order valence-electron chi connectivity index (χ1n) is 17.1. The monoisotopic (exact) mass is 584 g/mol. The minimum absolute atomic E-state index is 0.00382. The zero-order valence-electron chi connectivity index (χ0n) is 27.5. The van der Waals surface area contributed by atoms with Gasteiger partial charge in [-0.2, -0.15) is 0 Å². The SMILES string of the molecule is CCCCCCCCCCCCCCCCOC(=O)[C@H](CC(C)C)N(C)C(=O)CCCCc1nccc2[nH]c(C)nc12. The third-order valence-electron chi connectivity index (χ3n) is 8.22. The molecule has 1 amide bonds. The van der Waals surface area contributed by atoms with E-state index in [1.807, 2.05) is 13.0 Å². The Bertz CT molecular complexity index is 1020. The van der Waals surface area contributed by atoms with Crippen LogP contribution in [-0.4, -0.2) is 51.4 Å². The Morgan fingerprint density at radius 2 is 1.48 bits per heavy atom. The van der Waals surface area contributed by atoms with Gasteiger partial charge in [0.2, 0.25) is 5.91 Å². The number of ether oxygens (including phenoxy) is 1. The Balaban J connectivity index is 1.59. The topological polar surface area (TPSA) is 88.2 Å². The summed E-state index contributed by atoms with van der Waals surface area (Å²) in [6.45, 7) is 8.82. The van der Waals surface area contributed by atoms with Crippen LogP contribution in [0.1, 0.15) is 148 Å². The van der Waals surface area contributed by atoms with Gasteiger partial charge in [0.15, 0.2) is 0 Å². The summed E-state index contributed by atoms with van der Waals surface area (Å²) in [5.41, 5.74) is 2.87. The van der Waals surface area contributed by atoms with E-state index in [0.29, 0.717) is 25.4 Å². The first-order chi connectivity index (χ1) is 20.3. The number of fused-ring (bicyclic) bond motifs is 1. The molecule has 0 saturated heterocycles. The van der Waals surface area contributed by atoms with Crippen LogP contribution in [0.4, 0.5) is 0 Å². The average molecular weight is 585 g/mol. The van der Waals surface area contributed by atoms with Crippen LogP contribution in [-0.2, 0) is 20.7 Å². The maximum absolute atomic E-state index is 13.0. The second kappa shape index (κ2) is 21.3. The summed E-state index contributed by atoms with van der Waals surface area (Å²) in [7, 11) is 1.75. The molecule has 0 fully saturated rings. The highest BCUT2D eigenvalue weighted by Crippen LogP contribution is 2.18. The van der Waals surface area contributed by atoms with Gasteiger partial charge in [0.1, 0.15) is 17.4 Å². The van der Waals surface area contributed by atoms with Crippen molar-refractivity contribution < 1.29 is 14.3 Å². The Labute approximate surface area is 256 Å². The number of amides is 1. The summed E-state index contributed by atoms with van der Waals surface area (Å²) in [4.78, 5) is 39.9. The van der Waals surface area contributed by atoms with E-state index in [2.05, 4.69) is 35.7 Å². The molecule has 238 valence electrons. The predicted octanol–water partition coefficient (Wildman–Crippen LogP) is 8.88. The van der Waals surface area contributed by atoms with Crippen molar-refractivity contribution in [2.75, 3.05) is 13.7 Å². The molecule has 0 unspecified atom stereocenters. The van der Waals surface area contributed by atoms with E-state index in [0.717, 1.165) is 54.7 Å². The summed E-state index contributed by atoms with van der Waals surface area (Å²) in [5, 5.41) is 0. The zero-order chi connectivity index (χ0) is 30.6. The number of carbonyl (C=O) groups excluding carboxylic acids is 2. The molecule has 0 aliphatic carbocycles. The van der Waals surface area contributed by atoms with Gasteiger partial charge in [0.05, 0.1) is 17.8 Å². The fourth-order valence-corrected chi connectivity index (χ4v) is 5.64. The number of likely N-dealkylation sites (N-methyl/N-ethyl adjacent to an activating group) is 1. The number of hydrogen-bond donors (Lipinski definition) is 1. The van der Waals surface area contributed by atoms with Crippen LogP contribution >= 0.6 is 0 Å². The highest BCUT2D eigenvalue weighted by molar-refractivity contribution is 5.84. The summed E-state index contributed by atoms with van der Waals surface area (Å²) >= 11 is 0. The van der Waals surface area contributed by atoms with Crippen LogP contribution in [0.15, 0.2) is 12.3 Å². The summed E-state index contributed by atoms with van der Waals surface area (Å²) < 4.78 is 5.66. The second-order valence-corrected chi connectivity index (χ2v) is 12.6. The van der Waals surface area contributed by atoms with Gasteiger partial charge in [-0.15, -0.1) is 0 Å². The number of imidazole rings is 1. The third-order valence-corrected chi connectivity index (χ3v) is 8.22. The van der Waals surface area contributed by atoms with Gasteiger partial charge in [0.25, 0.3) is 0 Å². The van der Waals surface area contributed by atoms with E-state index in [1.54, 1.807) is 18.1 Å². The number of aromatic amines is 1. The van der Waals surface area contributed by atoms with E-state index >= 15 is 0 Å². The molecule has 2 aromatic rings. The van der Waals surface area contributed by atoms with E-state index in [-0.39, 0.29) is 11.9 Å². The molecule has 0 radical (unpaired) electrons. The molecule has 1 atom stereocenters. The van der Waals surface area contributed by atoms with Gasteiger partial charge >= 0.3 is 5.97 Å². The quantitative estimate of drug-likeness (QED) is 0.0983. The Hall–Kier alpha value is -2.44. The van der Waals surface area contributed by atoms with Crippen molar-refractivity contribution in [2.45, 2.75) is 156 Å². The lowest BCUT2D eigenvalue weighted by Gasteiger charge is -2.28. The molecule has 0 aliphatic rings. The van der Waals surface area contributed by atoms with Crippen LogP contribution in [0.2, 0.25) is 0 Å². The molecular formula is C35H60N4O3. The lowest BCUT2D eigenvalue weighted by molar-refractivity contribution is -0.155. The molecule has 0 bridgehead atoms. The van der Waals surface area contributed by atoms with Gasteiger partial charge in [-0.3, -0.25) is 9.78 Å². The molecular weight excluding hydrogens is 524 g/mol. The number of nitrogens with zero attached hydrogens (tertiary/aromatic N) is 3. The number of rotatable bonds is 24. The van der Waals surface area contributed by atoms with Crippen LogP contribution in [0.3, 0.4) is 0 Å². The molecule has 7 heteroatoms. The number of esters is 1. The lowest BCUT2D eigenvalue weighted by atomic mass is 10.0. The van der Waals surface area contributed by atoms with E-state index in [1.165, 1.54) is 77.0 Å². The predicted molar refractivity (Wildman–Crippen MR) is 173 cm³/mol. The summed E-state index contributed by atoms with van der Waals surface area (Å²) in [6.07, 6.45) is 23.4. The van der Waals surface area contributed by atoms with Gasteiger partial charge in [-0.25, -0.2) is 9.78 Å². The van der Waals surface area contributed by atoms with Crippen molar-refractivity contribution in [1.82, 2.24) is 19.9 Å². The van der Waals surface area contributed by atoms with E-state index in [4.69, 9.17) is 4.74 Å². The average Bonchev–Trinajstić information content (AvgIpc) is 3.36. The molecule has 7 nitrogen and oxygen atoms in total. The number of hydrogen-bond acceptors (Lipinski definition) is 5. The first kappa shape index (κ1) is 35.8. The minimum atomic E-state index is -0.522. The molecule has 0 spiro atoms. The number of H-pyrrole nitrogens is 1. The summed E-state index contributed by atoms with van der Waals surface area (Å²) in [5.74, 6) is 0.904. The Morgan fingerprint density at radius 3 is 2.07 bits per heavy atom. The third kappa shape index (κ3) is 14.2. The van der Waals surface area contributed by atoms with Crippen LogP contribution < -0.4 is 0 Å². The minimum Gasteiger partial charge on any atom is -0.464 e. The second-order valence-electron chi connectivity index (χ2n) is 12.6. The Kier molecular flexibility index (Phi) is 18.1. The van der Waals surface area contributed by atoms with E-state index < -0.39 is 6.04 Å². The molecule has 1 N–H and O–H groups in total. The van der Waals surface area contributed by atoms with Crippen molar-refractivity contribution in [1.29, 1.82) is 0 Å². The van der Waals surface area contributed by atoms with Crippen LogP contribution in [0.5, 0.6) is 0 Å². The molecule has 2 aromatic heterocycles. The maximum Gasteiger partial charge on any atom is 0.328 e. The van der Waals surface area contributed by atoms with Crippen molar-refractivity contribution in [3.05, 3.63) is 23.8 Å².